The summed E-state index contributed by atoms with van der Waals surface area (Å²) in [5, 5.41) is 14.2. The number of amidine groups is 1. The molecule has 1 amide bonds. The summed E-state index contributed by atoms with van der Waals surface area (Å²) in [4.78, 5) is 11.0. The van der Waals surface area contributed by atoms with Crippen LogP contribution < -0.4 is 16.8 Å². The van der Waals surface area contributed by atoms with E-state index in [4.69, 9.17) is 16.7 Å². The van der Waals surface area contributed by atoms with Crippen molar-refractivity contribution in [2.75, 3.05) is 6.54 Å². The van der Waals surface area contributed by atoms with Crippen LogP contribution in [-0.2, 0) is 4.79 Å². The fourth-order valence-electron chi connectivity index (χ4n) is 1.24. The van der Waals surface area contributed by atoms with Crippen molar-refractivity contribution in [2.45, 2.75) is 32.7 Å². The smallest absolute Gasteiger partial charge is 0.234 e. The molecule has 0 aliphatic carbocycles. The molecule has 6 heteroatoms. The molecule has 0 bridgehead atoms. The highest BCUT2D eigenvalue weighted by Crippen LogP contribution is 2.00. The summed E-state index contributed by atoms with van der Waals surface area (Å²) in [6.07, 6.45) is 1.19. The minimum Gasteiger partial charge on any atom is -0.409 e. The summed E-state index contributed by atoms with van der Waals surface area (Å²) in [5.74, 6) is -0.00266. The van der Waals surface area contributed by atoms with Gasteiger partial charge in [-0.15, -0.1) is 0 Å². The summed E-state index contributed by atoms with van der Waals surface area (Å²) in [7, 11) is 0. The molecule has 0 spiro atoms. The zero-order valence-electron chi connectivity index (χ0n) is 9.23. The molecular formula is C9H20N4O2. The van der Waals surface area contributed by atoms with Crippen molar-refractivity contribution >= 4 is 11.7 Å². The van der Waals surface area contributed by atoms with Crippen LogP contribution in [-0.4, -0.2) is 29.5 Å². The molecule has 15 heavy (non-hydrogen) atoms. The summed E-state index contributed by atoms with van der Waals surface area (Å²) in [5.41, 5.74) is 10.5. The van der Waals surface area contributed by atoms with E-state index in [0.717, 1.165) is 0 Å². The van der Waals surface area contributed by atoms with Gasteiger partial charge in [-0.2, -0.15) is 0 Å². The van der Waals surface area contributed by atoms with Crippen LogP contribution in [0.5, 0.6) is 0 Å². The largest absolute Gasteiger partial charge is 0.409 e. The van der Waals surface area contributed by atoms with Gasteiger partial charge in [-0.25, -0.2) is 0 Å². The maximum Gasteiger partial charge on any atom is 0.234 e. The predicted octanol–water partition coefficient (Wildman–Crippen LogP) is -0.387. The van der Waals surface area contributed by atoms with E-state index in [1.165, 1.54) is 0 Å². The molecule has 0 saturated carbocycles. The Kier molecular flexibility index (Phi) is 6.44. The Morgan fingerprint density at radius 2 is 2.07 bits per heavy atom. The van der Waals surface area contributed by atoms with Gasteiger partial charge in [0.2, 0.25) is 5.91 Å². The number of oxime groups is 1. The fourth-order valence-corrected chi connectivity index (χ4v) is 1.24. The Labute approximate surface area is 89.7 Å². The number of nitrogens with zero attached hydrogens (tertiary/aromatic N) is 1. The van der Waals surface area contributed by atoms with Crippen LogP contribution in [0.4, 0.5) is 0 Å². The average Bonchev–Trinajstić information content (AvgIpc) is 2.15. The standard InChI is InChI=1S/C9H20N4O2/c1-6(2)8(9(11)14)12-5-3-4-7(10)13-15/h6,8,12,15H,3-5H2,1-2H3,(H2,10,13)(H2,11,14). The van der Waals surface area contributed by atoms with Gasteiger partial charge < -0.3 is 22.0 Å². The van der Waals surface area contributed by atoms with Crippen LogP contribution in [0.2, 0.25) is 0 Å². The number of nitrogens with two attached hydrogens (primary N) is 2. The van der Waals surface area contributed by atoms with Gasteiger partial charge in [0.25, 0.3) is 0 Å². The van der Waals surface area contributed by atoms with Crippen LogP contribution in [0.1, 0.15) is 26.7 Å². The second-order valence-corrected chi connectivity index (χ2v) is 3.77. The third kappa shape index (κ3) is 5.90. The topological polar surface area (TPSA) is 114 Å². The van der Waals surface area contributed by atoms with Crippen LogP contribution in [0.3, 0.4) is 0 Å². The van der Waals surface area contributed by atoms with E-state index in [-0.39, 0.29) is 23.7 Å². The summed E-state index contributed by atoms with van der Waals surface area (Å²) in [6, 6.07) is -0.322. The Morgan fingerprint density at radius 3 is 2.47 bits per heavy atom. The number of rotatable bonds is 7. The number of nitrogens with one attached hydrogen (secondary N) is 1. The second kappa shape index (κ2) is 7.05. The van der Waals surface area contributed by atoms with Crippen molar-refractivity contribution in [1.82, 2.24) is 5.32 Å². The van der Waals surface area contributed by atoms with Gasteiger partial charge in [-0.1, -0.05) is 19.0 Å². The first-order valence-corrected chi connectivity index (χ1v) is 4.98. The lowest BCUT2D eigenvalue weighted by Gasteiger charge is -2.18. The van der Waals surface area contributed by atoms with Crippen LogP contribution in [0, 0.1) is 5.92 Å². The van der Waals surface area contributed by atoms with Crippen molar-refractivity contribution in [1.29, 1.82) is 0 Å². The normalized spacial score (nSPS) is 14.2. The Balaban J connectivity index is 3.78. The van der Waals surface area contributed by atoms with Crippen molar-refractivity contribution in [3.63, 3.8) is 0 Å². The van der Waals surface area contributed by atoms with Gasteiger partial charge in [0, 0.05) is 6.42 Å². The SMILES string of the molecule is CC(C)C(NCCCC(N)=NO)C(N)=O. The first-order chi connectivity index (χ1) is 6.99. The van der Waals surface area contributed by atoms with E-state index in [2.05, 4.69) is 10.5 Å². The van der Waals surface area contributed by atoms with Gasteiger partial charge >= 0.3 is 0 Å². The van der Waals surface area contributed by atoms with Gasteiger partial charge in [0.05, 0.1) is 6.04 Å². The van der Waals surface area contributed by atoms with Crippen molar-refractivity contribution in [3.8, 4) is 0 Å². The van der Waals surface area contributed by atoms with Crippen molar-refractivity contribution < 1.29 is 10.0 Å². The Bertz CT molecular complexity index is 228. The summed E-state index contributed by atoms with van der Waals surface area (Å²) >= 11 is 0. The minimum absolute atomic E-state index is 0.159. The number of amides is 1. The quantitative estimate of drug-likeness (QED) is 0.152. The molecule has 0 aliphatic rings. The van der Waals surface area contributed by atoms with Crippen molar-refractivity contribution in [3.05, 3.63) is 0 Å². The molecule has 88 valence electrons. The lowest BCUT2D eigenvalue weighted by Crippen LogP contribution is -2.45. The van der Waals surface area contributed by atoms with Crippen LogP contribution in [0.25, 0.3) is 0 Å². The predicted molar refractivity (Wildman–Crippen MR) is 58.5 cm³/mol. The number of hydrogen-bond donors (Lipinski definition) is 4. The highest BCUT2D eigenvalue weighted by molar-refractivity contribution is 5.80. The molecule has 0 aromatic rings. The Morgan fingerprint density at radius 1 is 1.47 bits per heavy atom. The van der Waals surface area contributed by atoms with Gasteiger partial charge in [0.15, 0.2) is 0 Å². The van der Waals surface area contributed by atoms with E-state index in [1.807, 2.05) is 13.8 Å². The highest BCUT2D eigenvalue weighted by Gasteiger charge is 2.17. The molecule has 1 atom stereocenters. The van der Waals surface area contributed by atoms with E-state index >= 15 is 0 Å². The molecule has 0 fully saturated rings. The monoisotopic (exact) mass is 216 g/mol. The van der Waals surface area contributed by atoms with Gasteiger partial charge in [-0.05, 0) is 18.9 Å². The second-order valence-electron chi connectivity index (χ2n) is 3.77. The van der Waals surface area contributed by atoms with E-state index in [9.17, 15) is 4.79 Å². The molecule has 0 aromatic heterocycles. The minimum atomic E-state index is -0.353. The van der Waals surface area contributed by atoms with E-state index in [0.29, 0.717) is 19.4 Å². The third-order valence-electron chi connectivity index (χ3n) is 2.08. The van der Waals surface area contributed by atoms with Gasteiger partial charge in [0.1, 0.15) is 5.84 Å². The Hall–Kier alpha value is -1.30. The lowest BCUT2D eigenvalue weighted by atomic mass is 10.0. The molecule has 0 aromatic carbocycles. The van der Waals surface area contributed by atoms with Gasteiger partial charge in [-0.3, -0.25) is 4.79 Å². The number of primary amides is 1. The maximum absolute atomic E-state index is 11.0. The molecule has 0 rings (SSSR count). The molecule has 0 aliphatic heterocycles. The zero-order valence-corrected chi connectivity index (χ0v) is 9.23. The van der Waals surface area contributed by atoms with E-state index < -0.39 is 0 Å². The highest BCUT2D eigenvalue weighted by atomic mass is 16.4. The molecule has 6 N–H and O–H groups in total. The molecule has 1 unspecified atom stereocenters. The lowest BCUT2D eigenvalue weighted by molar-refractivity contribution is -0.121. The molecule has 0 radical (unpaired) electrons. The summed E-state index contributed by atoms with van der Waals surface area (Å²) in [6.45, 7) is 4.46. The third-order valence-corrected chi connectivity index (χ3v) is 2.08. The molecule has 0 heterocycles. The van der Waals surface area contributed by atoms with Crippen LogP contribution >= 0.6 is 0 Å². The van der Waals surface area contributed by atoms with E-state index in [1.54, 1.807) is 0 Å². The first-order valence-electron chi connectivity index (χ1n) is 4.98. The first kappa shape index (κ1) is 13.7. The molecule has 0 saturated heterocycles. The van der Waals surface area contributed by atoms with Crippen molar-refractivity contribution in [2.24, 2.45) is 22.5 Å². The summed E-state index contributed by atoms with van der Waals surface area (Å²) < 4.78 is 0. The molecular weight excluding hydrogens is 196 g/mol. The zero-order chi connectivity index (χ0) is 11.8. The average molecular weight is 216 g/mol. The van der Waals surface area contributed by atoms with Crippen LogP contribution in [0.15, 0.2) is 5.16 Å². The maximum atomic E-state index is 11.0. The number of hydrogen-bond acceptors (Lipinski definition) is 4. The molecule has 6 nitrogen and oxygen atoms in total. The number of carbonyl (C=O) groups is 1. The number of carbonyl (C=O) groups excluding carboxylic acids is 1. The fraction of sp³-hybridized carbons (Fsp3) is 0.778.